The van der Waals surface area contributed by atoms with Gasteiger partial charge in [-0.3, -0.25) is 0 Å². The van der Waals surface area contributed by atoms with Crippen molar-refractivity contribution in [3.8, 4) is 0 Å². The van der Waals surface area contributed by atoms with Gasteiger partial charge in [-0.2, -0.15) is 0 Å². The zero-order valence-corrected chi connectivity index (χ0v) is 17.3. The Balaban J connectivity index is 1.72. The van der Waals surface area contributed by atoms with Gasteiger partial charge < -0.3 is 55.3 Å². The van der Waals surface area contributed by atoms with Crippen LogP contribution in [0.4, 0.5) is 5.69 Å². The lowest BCUT2D eigenvalue weighted by atomic mass is 9.96. The van der Waals surface area contributed by atoms with Crippen LogP contribution in [-0.4, -0.2) is 110 Å². The van der Waals surface area contributed by atoms with E-state index >= 15 is 0 Å². The van der Waals surface area contributed by atoms with Gasteiger partial charge in [-0.1, -0.05) is 6.07 Å². The van der Waals surface area contributed by atoms with Crippen molar-refractivity contribution in [2.75, 3.05) is 18.5 Å². The van der Waals surface area contributed by atoms with Gasteiger partial charge in [0, 0.05) is 5.69 Å². The Hall–Kier alpha value is -1.38. The summed E-state index contributed by atoms with van der Waals surface area (Å²) in [7, 11) is 0. The Kier molecular flexibility index (Phi) is 7.86. The van der Waals surface area contributed by atoms with Crippen LogP contribution in [0.2, 0.25) is 0 Å². The molecule has 11 heteroatoms. The second kappa shape index (κ2) is 10.0. The van der Waals surface area contributed by atoms with Gasteiger partial charge in [0.15, 0.2) is 12.5 Å². The first kappa shape index (κ1) is 24.3. The fraction of sp³-hybridized carbons (Fsp3) is 0.700. The summed E-state index contributed by atoms with van der Waals surface area (Å²) in [6, 6.07) is 5.52. The summed E-state index contributed by atoms with van der Waals surface area (Å²) in [6.45, 7) is 2.64. The van der Waals surface area contributed by atoms with Crippen LogP contribution >= 0.6 is 0 Å². The van der Waals surface area contributed by atoms with Gasteiger partial charge in [0.2, 0.25) is 0 Å². The Morgan fingerprint density at radius 3 is 2.10 bits per heavy atom. The van der Waals surface area contributed by atoms with Crippen molar-refractivity contribution in [2.45, 2.75) is 75.2 Å². The van der Waals surface area contributed by atoms with Gasteiger partial charge in [-0.25, -0.2) is 0 Å². The van der Waals surface area contributed by atoms with E-state index in [1.165, 1.54) is 0 Å². The van der Waals surface area contributed by atoms with Crippen LogP contribution in [0.15, 0.2) is 18.2 Å². The van der Waals surface area contributed by atoms with E-state index in [0.717, 1.165) is 11.1 Å². The molecule has 176 valence electrons. The molecule has 0 aliphatic carbocycles. The molecule has 0 amide bonds. The first-order valence-electron chi connectivity index (χ1n) is 10.1. The van der Waals surface area contributed by atoms with E-state index in [2.05, 4.69) is 5.32 Å². The average Bonchev–Trinajstić information content (AvgIpc) is 2.75. The molecule has 0 spiro atoms. The Labute approximate surface area is 179 Å². The SMILES string of the molecule is Cc1ccc(N[C@H]2O[C@@H](CO)[C@@H](O[C@H]3O[C@@H](CO)[C@@H](O)[C@@H](O)[C@H]3O)[C@@H](O)[C@@H]2O)cc1C. The topological polar surface area (TPSA) is 181 Å². The second-order valence-electron chi connectivity index (χ2n) is 8.00. The van der Waals surface area contributed by atoms with Crippen LogP contribution in [0.25, 0.3) is 0 Å². The Bertz CT molecular complexity index is 732. The van der Waals surface area contributed by atoms with Crippen LogP contribution in [-0.2, 0) is 14.2 Å². The number of hydrogen-bond acceptors (Lipinski definition) is 11. The van der Waals surface area contributed by atoms with Gasteiger partial charge in [-0.15, -0.1) is 0 Å². The molecule has 2 aliphatic heterocycles. The van der Waals surface area contributed by atoms with Gasteiger partial charge in [-0.05, 0) is 37.1 Å². The van der Waals surface area contributed by atoms with E-state index in [1.54, 1.807) is 6.07 Å². The lowest BCUT2D eigenvalue weighted by Crippen LogP contribution is -2.65. The molecule has 0 unspecified atom stereocenters. The minimum absolute atomic E-state index is 0.586. The van der Waals surface area contributed by atoms with Gasteiger partial charge >= 0.3 is 0 Å². The molecule has 3 rings (SSSR count). The summed E-state index contributed by atoms with van der Waals surface area (Å²) >= 11 is 0. The molecule has 1 aromatic carbocycles. The lowest BCUT2D eigenvalue weighted by molar-refractivity contribution is -0.340. The van der Waals surface area contributed by atoms with Gasteiger partial charge in [0.1, 0.15) is 48.8 Å². The number of rotatable bonds is 6. The fourth-order valence-electron chi connectivity index (χ4n) is 3.70. The fourth-order valence-corrected chi connectivity index (χ4v) is 3.70. The van der Waals surface area contributed by atoms with Crippen LogP contribution in [0.3, 0.4) is 0 Å². The molecule has 0 aromatic heterocycles. The summed E-state index contributed by atoms with van der Waals surface area (Å²) in [5, 5.41) is 73.2. The molecular weight excluding hydrogens is 414 g/mol. The number of hydrogen-bond donors (Lipinski definition) is 8. The maximum Gasteiger partial charge on any atom is 0.187 e. The van der Waals surface area contributed by atoms with Crippen molar-refractivity contribution in [3.63, 3.8) is 0 Å². The van der Waals surface area contributed by atoms with Crippen LogP contribution in [0.1, 0.15) is 11.1 Å². The predicted molar refractivity (Wildman–Crippen MR) is 106 cm³/mol. The van der Waals surface area contributed by atoms with E-state index in [1.807, 2.05) is 26.0 Å². The quantitative estimate of drug-likeness (QED) is 0.229. The molecule has 10 atom stereocenters. The highest BCUT2D eigenvalue weighted by molar-refractivity contribution is 5.48. The predicted octanol–water partition coefficient (Wildman–Crippen LogP) is -2.66. The summed E-state index contributed by atoms with van der Waals surface area (Å²) in [5.41, 5.74) is 2.74. The van der Waals surface area contributed by atoms with Crippen LogP contribution < -0.4 is 5.32 Å². The number of aliphatic hydroxyl groups excluding tert-OH is 7. The Morgan fingerprint density at radius 1 is 0.806 bits per heavy atom. The molecule has 2 heterocycles. The zero-order valence-electron chi connectivity index (χ0n) is 17.3. The van der Waals surface area contributed by atoms with Crippen LogP contribution in [0, 0.1) is 13.8 Å². The molecule has 0 saturated carbocycles. The second-order valence-corrected chi connectivity index (χ2v) is 8.00. The molecule has 2 saturated heterocycles. The van der Waals surface area contributed by atoms with E-state index in [0.29, 0.717) is 5.69 Å². The first-order valence-corrected chi connectivity index (χ1v) is 10.1. The number of anilines is 1. The highest BCUT2D eigenvalue weighted by Gasteiger charge is 2.50. The van der Waals surface area contributed by atoms with Crippen molar-refractivity contribution in [1.29, 1.82) is 0 Å². The summed E-state index contributed by atoms with van der Waals surface area (Å²) in [5.74, 6) is 0. The summed E-state index contributed by atoms with van der Waals surface area (Å²) < 4.78 is 16.5. The molecular formula is C20H31NO10. The first-order chi connectivity index (χ1) is 14.7. The van der Waals surface area contributed by atoms with Crippen LogP contribution in [0.5, 0.6) is 0 Å². The molecule has 0 radical (unpaired) electrons. The number of benzene rings is 1. The molecule has 31 heavy (non-hydrogen) atoms. The maximum atomic E-state index is 10.6. The van der Waals surface area contributed by atoms with E-state index in [9.17, 15) is 35.7 Å². The van der Waals surface area contributed by atoms with Crippen molar-refractivity contribution in [3.05, 3.63) is 29.3 Å². The molecule has 11 nitrogen and oxygen atoms in total. The third-order valence-electron chi connectivity index (χ3n) is 5.82. The van der Waals surface area contributed by atoms with Crippen molar-refractivity contribution >= 4 is 5.69 Å². The highest BCUT2D eigenvalue weighted by atomic mass is 16.7. The molecule has 2 fully saturated rings. The Morgan fingerprint density at radius 2 is 1.48 bits per heavy atom. The van der Waals surface area contributed by atoms with Gasteiger partial charge in [0.25, 0.3) is 0 Å². The third-order valence-corrected chi connectivity index (χ3v) is 5.82. The number of ether oxygens (including phenoxy) is 3. The highest BCUT2D eigenvalue weighted by Crippen LogP contribution is 2.30. The molecule has 8 N–H and O–H groups in total. The minimum atomic E-state index is -1.70. The van der Waals surface area contributed by atoms with E-state index < -0.39 is 74.6 Å². The molecule has 1 aromatic rings. The standard InChI is InChI=1S/C20H31NO10/c1-8-3-4-10(5-9(8)2)21-19-16(27)15(26)18(12(7-23)29-19)31-20-17(28)14(25)13(24)11(6-22)30-20/h3-5,11-28H,6-7H2,1-2H3/t11-,12-,13+,14+,15-,16-,17+,18+,19-,20+/m0/s1. The smallest absolute Gasteiger partial charge is 0.187 e. The van der Waals surface area contributed by atoms with E-state index in [4.69, 9.17) is 14.2 Å². The number of aryl methyl sites for hydroxylation is 2. The van der Waals surface area contributed by atoms with E-state index in [-0.39, 0.29) is 0 Å². The number of nitrogens with one attached hydrogen (secondary N) is 1. The normalized spacial score (nSPS) is 41.2. The van der Waals surface area contributed by atoms with Crippen molar-refractivity contribution < 1.29 is 50.0 Å². The minimum Gasteiger partial charge on any atom is -0.394 e. The monoisotopic (exact) mass is 445 g/mol. The largest absolute Gasteiger partial charge is 0.394 e. The zero-order chi connectivity index (χ0) is 22.9. The average molecular weight is 445 g/mol. The lowest BCUT2D eigenvalue weighted by Gasteiger charge is -2.46. The maximum absolute atomic E-state index is 10.6. The van der Waals surface area contributed by atoms with Gasteiger partial charge in [0.05, 0.1) is 13.2 Å². The number of aliphatic hydroxyl groups is 7. The molecule has 0 bridgehead atoms. The van der Waals surface area contributed by atoms with Crippen molar-refractivity contribution in [1.82, 2.24) is 0 Å². The van der Waals surface area contributed by atoms with Crippen molar-refractivity contribution in [2.24, 2.45) is 0 Å². The third kappa shape index (κ3) is 5.01. The molecule has 2 aliphatic rings. The summed E-state index contributed by atoms with van der Waals surface area (Å²) in [6.07, 6.45) is -14.2. The summed E-state index contributed by atoms with van der Waals surface area (Å²) in [4.78, 5) is 0.